The van der Waals surface area contributed by atoms with Crippen molar-refractivity contribution in [2.75, 3.05) is 13.1 Å². The lowest BCUT2D eigenvalue weighted by Gasteiger charge is -2.19. The van der Waals surface area contributed by atoms with E-state index >= 15 is 0 Å². The predicted octanol–water partition coefficient (Wildman–Crippen LogP) is 3.40. The van der Waals surface area contributed by atoms with Crippen molar-refractivity contribution in [1.29, 1.82) is 0 Å². The third kappa shape index (κ3) is 3.78. The molecule has 0 aliphatic carbocycles. The van der Waals surface area contributed by atoms with Crippen molar-refractivity contribution >= 4 is 45.8 Å². The molecule has 1 aromatic carbocycles. The maximum Gasteiger partial charge on any atom is 0.290 e. The standard InChI is InChI=1S/C20H23N3O3S/c1-4-13-8-7-9-15-14(10-16-19(25)21-20(26)27-16)11-23(18(13)15)12-17(24)22(5-2)6-3/h7-11H,4-6,12H2,1-3H3,(H,21,25,26)/b16-10-. The molecule has 2 heterocycles. The molecule has 6 nitrogen and oxygen atoms in total. The molecule has 1 aliphatic heterocycles. The number of para-hydroxylation sites is 1. The van der Waals surface area contributed by atoms with Crippen molar-refractivity contribution in [2.24, 2.45) is 0 Å². The Morgan fingerprint density at radius 2 is 1.96 bits per heavy atom. The van der Waals surface area contributed by atoms with Crippen molar-refractivity contribution in [3.05, 3.63) is 40.4 Å². The number of hydrogen-bond acceptors (Lipinski definition) is 4. The van der Waals surface area contributed by atoms with Gasteiger partial charge in [0.05, 0.1) is 10.4 Å². The SMILES string of the molecule is CCc1cccc2c(/C=C3\SC(=O)NC3=O)cn(CC(=O)N(CC)CC)c12. The molecular weight excluding hydrogens is 362 g/mol. The monoisotopic (exact) mass is 385 g/mol. The third-order valence-corrected chi connectivity index (χ3v) is 5.55. The van der Waals surface area contributed by atoms with Crippen LogP contribution in [0, 0.1) is 0 Å². The number of aryl methyl sites for hydroxylation is 1. The number of imide groups is 1. The van der Waals surface area contributed by atoms with Crippen molar-refractivity contribution in [3.63, 3.8) is 0 Å². The summed E-state index contributed by atoms with van der Waals surface area (Å²) < 4.78 is 1.96. The maximum absolute atomic E-state index is 12.6. The van der Waals surface area contributed by atoms with E-state index < -0.39 is 0 Å². The zero-order chi connectivity index (χ0) is 19.6. The van der Waals surface area contributed by atoms with Crippen LogP contribution in [0.5, 0.6) is 0 Å². The number of nitrogens with zero attached hydrogens (tertiary/aromatic N) is 2. The molecule has 0 bridgehead atoms. The highest BCUT2D eigenvalue weighted by atomic mass is 32.2. The van der Waals surface area contributed by atoms with Gasteiger partial charge in [-0.25, -0.2) is 0 Å². The van der Waals surface area contributed by atoms with Crippen LogP contribution in [0.15, 0.2) is 29.3 Å². The average Bonchev–Trinajstić information content (AvgIpc) is 3.15. The number of thioether (sulfide) groups is 1. The van der Waals surface area contributed by atoms with Crippen molar-refractivity contribution in [3.8, 4) is 0 Å². The normalized spacial score (nSPS) is 15.6. The van der Waals surface area contributed by atoms with E-state index in [4.69, 9.17) is 0 Å². The van der Waals surface area contributed by atoms with E-state index in [1.165, 1.54) is 0 Å². The number of rotatable bonds is 6. The molecule has 1 aromatic heterocycles. The van der Waals surface area contributed by atoms with Crippen LogP contribution in [0.25, 0.3) is 17.0 Å². The third-order valence-electron chi connectivity index (χ3n) is 4.74. The maximum atomic E-state index is 12.6. The molecule has 3 amide bonds. The lowest BCUT2D eigenvalue weighted by molar-refractivity contribution is -0.131. The second-order valence-electron chi connectivity index (χ2n) is 6.30. The molecule has 1 fully saturated rings. The molecule has 27 heavy (non-hydrogen) atoms. The zero-order valence-corrected chi connectivity index (χ0v) is 16.6. The summed E-state index contributed by atoms with van der Waals surface area (Å²) in [6.07, 6.45) is 4.46. The largest absolute Gasteiger partial charge is 0.342 e. The van der Waals surface area contributed by atoms with Crippen molar-refractivity contribution in [1.82, 2.24) is 14.8 Å². The number of likely N-dealkylation sites (N-methyl/N-ethyl adjacent to an activating group) is 1. The molecule has 0 radical (unpaired) electrons. The van der Waals surface area contributed by atoms with Crippen LogP contribution >= 0.6 is 11.8 Å². The van der Waals surface area contributed by atoms with E-state index in [-0.39, 0.29) is 23.6 Å². The highest BCUT2D eigenvalue weighted by Crippen LogP contribution is 2.31. The molecule has 142 valence electrons. The first-order valence-corrected chi connectivity index (χ1v) is 9.93. The Kier molecular flexibility index (Phi) is 5.70. The second kappa shape index (κ2) is 8.00. The molecule has 0 saturated carbocycles. The molecular formula is C20H23N3O3S. The summed E-state index contributed by atoms with van der Waals surface area (Å²) in [5.74, 6) is -0.318. The number of amides is 3. The number of benzene rings is 1. The van der Waals surface area contributed by atoms with Crippen LogP contribution in [0.2, 0.25) is 0 Å². The Labute approximate surface area is 162 Å². The highest BCUT2D eigenvalue weighted by molar-refractivity contribution is 8.18. The smallest absolute Gasteiger partial charge is 0.290 e. The van der Waals surface area contributed by atoms with Gasteiger partial charge in [0.2, 0.25) is 5.91 Å². The summed E-state index contributed by atoms with van der Waals surface area (Å²) in [6, 6.07) is 6.02. The van der Waals surface area contributed by atoms with Gasteiger partial charge < -0.3 is 9.47 Å². The predicted molar refractivity (Wildman–Crippen MR) is 108 cm³/mol. The summed E-state index contributed by atoms with van der Waals surface area (Å²) in [4.78, 5) is 38.2. The Morgan fingerprint density at radius 3 is 2.56 bits per heavy atom. The van der Waals surface area contributed by atoms with Crippen LogP contribution in [-0.2, 0) is 22.6 Å². The van der Waals surface area contributed by atoms with Crippen LogP contribution < -0.4 is 5.32 Å². The Balaban J connectivity index is 2.08. The van der Waals surface area contributed by atoms with E-state index in [1.54, 1.807) is 11.0 Å². The number of fused-ring (bicyclic) bond motifs is 1. The fourth-order valence-electron chi connectivity index (χ4n) is 3.37. The number of nitrogens with one attached hydrogen (secondary N) is 1. The Morgan fingerprint density at radius 1 is 1.22 bits per heavy atom. The summed E-state index contributed by atoms with van der Waals surface area (Å²) in [5, 5.41) is 2.89. The minimum Gasteiger partial charge on any atom is -0.342 e. The second-order valence-corrected chi connectivity index (χ2v) is 7.31. The van der Waals surface area contributed by atoms with Crippen LogP contribution in [0.4, 0.5) is 4.79 Å². The number of hydrogen-bond donors (Lipinski definition) is 1. The first-order valence-electron chi connectivity index (χ1n) is 9.11. The molecule has 0 atom stereocenters. The molecule has 1 N–H and O–H groups in total. The van der Waals surface area contributed by atoms with Crippen LogP contribution in [0.1, 0.15) is 31.9 Å². The van der Waals surface area contributed by atoms with Gasteiger partial charge in [0.15, 0.2) is 0 Å². The van der Waals surface area contributed by atoms with Crippen molar-refractivity contribution in [2.45, 2.75) is 33.7 Å². The Hall–Kier alpha value is -2.54. The fraction of sp³-hybridized carbons (Fsp3) is 0.350. The first kappa shape index (κ1) is 19.2. The van der Waals surface area contributed by atoms with E-state index in [9.17, 15) is 14.4 Å². The number of carbonyl (C=O) groups is 3. The fourth-order valence-corrected chi connectivity index (χ4v) is 4.05. The summed E-state index contributed by atoms with van der Waals surface area (Å²) >= 11 is 0.899. The molecule has 2 aromatic rings. The molecule has 0 unspecified atom stereocenters. The summed E-state index contributed by atoms with van der Waals surface area (Å²) in [6.45, 7) is 7.60. The molecule has 7 heteroatoms. The molecule has 0 spiro atoms. The zero-order valence-electron chi connectivity index (χ0n) is 15.7. The van der Waals surface area contributed by atoms with Gasteiger partial charge in [-0.1, -0.05) is 25.1 Å². The lowest BCUT2D eigenvalue weighted by Crippen LogP contribution is -2.33. The van der Waals surface area contributed by atoms with Gasteiger partial charge in [-0.2, -0.15) is 0 Å². The van der Waals surface area contributed by atoms with Gasteiger partial charge in [-0.05, 0) is 43.7 Å². The summed E-state index contributed by atoms with van der Waals surface area (Å²) in [5.41, 5.74) is 2.98. The van der Waals surface area contributed by atoms with Crippen molar-refractivity contribution < 1.29 is 14.4 Å². The minimum absolute atomic E-state index is 0.0603. The first-order chi connectivity index (χ1) is 13.0. The van der Waals surface area contributed by atoms with Gasteiger partial charge in [0.25, 0.3) is 11.1 Å². The molecule has 3 rings (SSSR count). The minimum atomic E-state index is -0.378. The number of carbonyl (C=O) groups excluding carboxylic acids is 3. The van der Waals surface area contributed by atoms with Crippen LogP contribution in [0.3, 0.4) is 0 Å². The van der Waals surface area contributed by atoms with Gasteiger partial charge in [-0.3, -0.25) is 19.7 Å². The lowest BCUT2D eigenvalue weighted by atomic mass is 10.1. The molecule has 1 aliphatic rings. The van der Waals surface area contributed by atoms with E-state index in [0.29, 0.717) is 18.0 Å². The summed E-state index contributed by atoms with van der Waals surface area (Å²) in [7, 11) is 0. The quantitative estimate of drug-likeness (QED) is 0.774. The van der Waals surface area contributed by atoms with E-state index in [0.717, 1.165) is 40.2 Å². The Bertz CT molecular complexity index is 941. The van der Waals surface area contributed by atoms with Gasteiger partial charge in [0.1, 0.15) is 6.54 Å². The van der Waals surface area contributed by atoms with Gasteiger partial charge >= 0.3 is 0 Å². The highest BCUT2D eigenvalue weighted by Gasteiger charge is 2.26. The van der Waals surface area contributed by atoms with E-state index in [2.05, 4.69) is 18.3 Å². The van der Waals surface area contributed by atoms with Gasteiger partial charge in [0, 0.05) is 30.2 Å². The van der Waals surface area contributed by atoms with Gasteiger partial charge in [-0.15, -0.1) is 0 Å². The van der Waals surface area contributed by atoms with Crippen LogP contribution in [-0.4, -0.2) is 39.6 Å². The topological polar surface area (TPSA) is 71.4 Å². The number of aromatic nitrogens is 1. The average molecular weight is 385 g/mol. The van der Waals surface area contributed by atoms with E-state index in [1.807, 2.05) is 36.7 Å². The molecule has 1 saturated heterocycles.